The Labute approximate surface area is 233 Å². The summed E-state index contributed by atoms with van der Waals surface area (Å²) in [4.78, 5) is 31.8. The van der Waals surface area contributed by atoms with Crippen LogP contribution in [0.2, 0.25) is 0 Å². The Hall–Kier alpha value is -4.47. The fourth-order valence-electron chi connectivity index (χ4n) is 4.78. The maximum Gasteiger partial charge on any atom is 0.309 e. The first-order valence-corrected chi connectivity index (χ1v) is 13.5. The summed E-state index contributed by atoms with van der Waals surface area (Å²) in [6.45, 7) is 4.93. The molecule has 1 unspecified atom stereocenters. The number of nitrogens with zero attached hydrogens (tertiary/aromatic N) is 5. The van der Waals surface area contributed by atoms with Gasteiger partial charge in [-0.15, -0.1) is 0 Å². The van der Waals surface area contributed by atoms with Crippen molar-refractivity contribution in [2.45, 2.75) is 52.1 Å². The molecule has 1 fully saturated rings. The van der Waals surface area contributed by atoms with E-state index >= 15 is 0 Å². The first kappa shape index (κ1) is 27.1. The zero-order valence-corrected chi connectivity index (χ0v) is 22.7. The minimum atomic E-state index is -0.840. The number of aliphatic carboxylic acids is 1. The molecule has 10 nitrogen and oxygen atoms in total. The zero-order chi connectivity index (χ0) is 28.1. The van der Waals surface area contributed by atoms with E-state index in [2.05, 4.69) is 25.2 Å². The van der Waals surface area contributed by atoms with Gasteiger partial charge in [-0.2, -0.15) is 0 Å². The van der Waals surface area contributed by atoms with Crippen LogP contribution in [0.25, 0.3) is 11.4 Å². The summed E-state index contributed by atoms with van der Waals surface area (Å²) in [5.74, 6) is 2.49. The van der Waals surface area contributed by atoms with Crippen molar-refractivity contribution in [3.05, 3.63) is 78.2 Å². The number of aliphatic hydroxyl groups excluding tert-OH is 1. The molecular formula is C30H34N6O4. The number of aromatic nitrogens is 4. The molecule has 0 amide bonds. The number of nitrogens with one attached hydrogen (secondary N) is 1. The fourth-order valence-corrected chi connectivity index (χ4v) is 4.78. The average Bonchev–Trinajstić information content (AvgIpc) is 2.95. The van der Waals surface area contributed by atoms with Gasteiger partial charge in [0.05, 0.1) is 24.4 Å². The van der Waals surface area contributed by atoms with Crippen molar-refractivity contribution >= 4 is 23.4 Å². The molecule has 0 saturated carbocycles. The van der Waals surface area contributed by atoms with E-state index in [0.717, 1.165) is 42.8 Å². The molecule has 1 atom stereocenters. The van der Waals surface area contributed by atoms with E-state index in [1.807, 2.05) is 36.4 Å². The molecule has 0 bridgehead atoms. The van der Waals surface area contributed by atoms with Gasteiger partial charge in [0.15, 0.2) is 17.4 Å². The van der Waals surface area contributed by atoms with Gasteiger partial charge in [0.25, 0.3) is 0 Å². The minimum Gasteiger partial charge on any atom is -0.508 e. The quantitative estimate of drug-likeness (QED) is 0.321. The maximum atomic E-state index is 11.5. The van der Waals surface area contributed by atoms with Crippen LogP contribution < -0.4 is 10.2 Å². The molecule has 3 N–H and O–H groups in total. The fraction of sp³-hybridized carbons (Fsp3) is 0.367. The van der Waals surface area contributed by atoms with E-state index in [4.69, 9.17) is 9.72 Å². The number of hydrogen-bond acceptors (Lipinski definition) is 9. The lowest BCUT2D eigenvalue weighted by molar-refractivity contribution is -0.146. The van der Waals surface area contributed by atoms with Crippen molar-refractivity contribution < 1.29 is 19.7 Å². The van der Waals surface area contributed by atoms with E-state index in [1.165, 1.54) is 0 Å². The molecule has 2 aliphatic rings. The summed E-state index contributed by atoms with van der Waals surface area (Å²) >= 11 is 0. The van der Waals surface area contributed by atoms with Gasteiger partial charge >= 0.3 is 5.97 Å². The third kappa shape index (κ3) is 6.56. The number of carbonyl (C=O) groups is 1. The Bertz CT molecular complexity index is 1420. The Kier molecular flexibility index (Phi) is 7.95. The van der Waals surface area contributed by atoms with Gasteiger partial charge in [-0.3, -0.25) is 9.78 Å². The van der Waals surface area contributed by atoms with Crippen LogP contribution in [0.3, 0.4) is 0 Å². The number of rotatable bonds is 9. The topological polar surface area (TPSA) is 134 Å². The molecule has 3 aromatic rings. The predicted octanol–water partition coefficient (Wildman–Crippen LogP) is 5.44. The van der Waals surface area contributed by atoms with Gasteiger partial charge in [0.1, 0.15) is 23.5 Å². The molecule has 1 aliphatic heterocycles. The summed E-state index contributed by atoms with van der Waals surface area (Å²) in [7, 11) is 0. The third-order valence-corrected chi connectivity index (χ3v) is 7.07. The first-order valence-electron chi connectivity index (χ1n) is 13.5. The molecule has 1 saturated heterocycles. The molecule has 1 aliphatic carbocycles. The van der Waals surface area contributed by atoms with E-state index in [1.54, 1.807) is 38.5 Å². The van der Waals surface area contributed by atoms with Crippen molar-refractivity contribution in [2.75, 3.05) is 23.3 Å². The van der Waals surface area contributed by atoms with E-state index in [9.17, 15) is 15.0 Å². The SMILES string of the molecule is CC(C)(Cc1ccc(-c2nccc(Nc3cncc(N4CCCC(OC5=C(O)CCC=C5)C4)n3)n2)cc1)C(=O)O. The highest BCUT2D eigenvalue weighted by Crippen LogP contribution is 2.27. The van der Waals surface area contributed by atoms with E-state index in [0.29, 0.717) is 48.4 Å². The Morgan fingerprint density at radius 3 is 2.75 bits per heavy atom. The number of anilines is 3. The highest BCUT2D eigenvalue weighted by Gasteiger charge is 2.27. The van der Waals surface area contributed by atoms with Crippen LogP contribution in [-0.2, 0) is 16.0 Å². The predicted molar refractivity (Wildman–Crippen MR) is 152 cm³/mol. The lowest BCUT2D eigenvalue weighted by Crippen LogP contribution is -2.40. The smallest absolute Gasteiger partial charge is 0.309 e. The van der Waals surface area contributed by atoms with Crippen LogP contribution in [0, 0.1) is 5.41 Å². The standard InChI is InChI=1S/C30H34N6O4/c1-30(2,29(38)39)16-20-9-11-21(12-10-20)28-32-14-13-25(35-28)33-26-17-31-18-27(34-26)36-15-5-6-22(19-36)40-24-8-4-3-7-23(24)37/h4,8-14,17-18,22,37H,3,5-7,15-16,19H2,1-2H3,(H,38,39)(H,32,33,34,35). The molecular weight excluding hydrogens is 508 g/mol. The highest BCUT2D eigenvalue weighted by atomic mass is 16.5. The molecule has 0 spiro atoms. The Morgan fingerprint density at radius 1 is 1.15 bits per heavy atom. The molecule has 3 heterocycles. The average molecular weight is 543 g/mol. The monoisotopic (exact) mass is 542 g/mol. The van der Waals surface area contributed by atoms with Crippen molar-refractivity contribution in [3.63, 3.8) is 0 Å². The summed E-state index contributed by atoms with van der Waals surface area (Å²) in [5, 5.41) is 22.8. The van der Waals surface area contributed by atoms with Crippen molar-refractivity contribution in [3.8, 4) is 11.4 Å². The molecule has 1 aromatic carbocycles. The molecule has 40 heavy (non-hydrogen) atoms. The van der Waals surface area contributed by atoms with Crippen LogP contribution in [0.15, 0.2) is 72.6 Å². The van der Waals surface area contributed by atoms with Crippen LogP contribution in [0.1, 0.15) is 45.1 Å². The third-order valence-electron chi connectivity index (χ3n) is 7.07. The van der Waals surface area contributed by atoms with Crippen LogP contribution >= 0.6 is 0 Å². The van der Waals surface area contributed by atoms with Crippen molar-refractivity contribution in [2.24, 2.45) is 5.41 Å². The number of piperidine rings is 1. The highest BCUT2D eigenvalue weighted by molar-refractivity contribution is 5.74. The number of ether oxygens (including phenoxy) is 1. The summed E-state index contributed by atoms with van der Waals surface area (Å²) in [6, 6.07) is 9.40. The molecule has 10 heteroatoms. The van der Waals surface area contributed by atoms with Gasteiger partial charge < -0.3 is 25.2 Å². The van der Waals surface area contributed by atoms with Crippen LogP contribution in [-0.4, -0.2) is 55.3 Å². The second-order valence-corrected chi connectivity index (χ2v) is 10.8. The Morgan fingerprint density at radius 2 is 1.98 bits per heavy atom. The number of hydrogen-bond donors (Lipinski definition) is 3. The van der Waals surface area contributed by atoms with Gasteiger partial charge in [0.2, 0.25) is 0 Å². The number of aliphatic hydroxyl groups is 1. The largest absolute Gasteiger partial charge is 0.508 e. The Balaban J connectivity index is 1.25. The summed E-state index contributed by atoms with van der Waals surface area (Å²) < 4.78 is 6.11. The zero-order valence-electron chi connectivity index (χ0n) is 22.7. The van der Waals surface area contributed by atoms with E-state index < -0.39 is 11.4 Å². The second kappa shape index (κ2) is 11.7. The van der Waals surface area contributed by atoms with Crippen molar-refractivity contribution in [1.82, 2.24) is 19.9 Å². The second-order valence-electron chi connectivity index (χ2n) is 10.8. The number of benzene rings is 1. The van der Waals surface area contributed by atoms with Gasteiger partial charge in [0, 0.05) is 24.7 Å². The summed E-state index contributed by atoms with van der Waals surface area (Å²) in [5.41, 5.74) is 0.924. The molecule has 208 valence electrons. The number of carboxylic acid groups (broad SMARTS) is 1. The normalized spacial score (nSPS) is 17.6. The van der Waals surface area contributed by atoms with E-state index in [-0.39, 0.29) is 6.10 Å². The lowest BCUT2D eigenvalue weighted by atomic mass is 9.86. The van der Waals surface area contributed by atoms with Crippen molar-refractivity contribution in [1.29, 1.82) is 0 Å². The maximum absolute atomic E-state index is 11.5. The molecule has 5 rings (SSSR count). The molecule has 2 aromatic heterocycles. The van der Waals surface area contributed by atoms with Gasteiger partial charge in [-0.25, -0.2) is 15.0 Å². The summed E-state index contributed by atoms with van der Waals surface area (Å²) in [6.07, 6.45) is 12.6. The molecule has 0 radical (unpaired) electrons. The minimum absolute atomic E-state index is 0.0434. The van der Waals surface area contributed by atoms with Gasteiger partial charge in [-0.1, -0.05) is 30.3 Å². The van der Waals surface area contributed by atoms with Crippen LogP contribution in [0.4, 0.5) is 17.5 Å². The lowest BCUT2D eigenvalue weighted by Gasteiger charge is -2.34. The number of carboxylic acids is 1. The first-order chi connectivity index (χ1) is 19.3. The van der Waals surface area contributed by atoms with Gasteiger partial charge in [-0.05, 0) is 57.2 Å². The van der Waals surface area contributed by atoms with Crippen LogP contribution in [0.5, 0.6) is 0 Å². The number of allylic oxidation sites excluding steroid dienone is 3.